The normalized spacial score (nSPS) is 19.1. The van der Waals surface area contributed by atoms with Gasteiger partial charge in [0.1, 0.15) is 23.4 Å². The van der Waals surface area contributed by atoms with Crippen molar-refractivity contribution in [3.8, 4) is 5.75 Å². The monoisotopic (exact) mass is 425 g/mol. The van der Waals surface area contributed by atoms with Crippen molar-refractivity contribution in [1.82, 2.24) is 4.90 Å². The molecule has 1 aliphatic carbocycles. The van der Waals surface area contributed by atoms with Crippen LogP contribution in [0.2, 0.25) is 0 Å². The number of aliphatic hydroxyl groups is 1. The summed E-state index contributed by atoms with van der Waals surface area (Å²) in [6, 6.07) is 6.76. The zero-order chi connectivity index (χ0) is 21.6. The zero-order valence-corrected chi connectivity index (χ0v) is 16.1. The van der Waals surface area contributed by atoms with Gasteiger partial charge < -0.3 is 24.2 Å². The Morgan fingerprint density at radius 3 is 2.67 bits per heavy atom. The van der Waals surface area contributed by atoms with E-state index in [-0.39, 0.29) is 36.7 Å². The molecule has 30 heavy (non-hydrogen) atoms. The number of likely N-dealkylation sites (tertiary alicyclic amines) is 1. The summed E-state index contributed by atoms with van der Waals surface area (Å²) in [7, 11) is 0. The number of rotatable bonds is 7. The molecule has 1 atom stereocenters. The molecule has 3 rings (SSSR count). The molecule has 0 radical (unpaired) electrons. The molecular weight excluding hydrogens is 403 g/mol. The number of benzene rings is 1. The van der Waals surface area contributed by atoms with Gasteiger partial charge in [-0.1, -0.05) is 18.2 Å². The average molecular weight is 425 g/mol. The molecule has 1 aliphatic heterocycles. The molecule has 1 aromatic rings. The number of halogens is 3. The molecule has 1 saturated heterocycles. The van der Waals surface area contributed by atoms with Crippen molar-refractivity contribution in [3.63, 3.8) is 0 Å². The summed E-state index contributed by atoms with van der Waals surface area (Å²) in [5.41, 5.74) is 0.745. The predicted octanol–water partition coefficient (Wildman–Crippen LogP) is 3.44. The van der Waals surface area contributed by atoms with Crippen LogP contribution >= 0.6 is 0 Å². The lowest BCUT2D eigenvalue weighted by Gasteiger charge is -2.18. The Labute approximate surface area is 171 Å². The quantitative estimate of drug-likeness (QED) is 0.725. The number of aliphatic hydroxyl groups excluding tert-OH is 1. The fourth-order valence-electron chi connectivity index (χ4n) is 3.07. The van der Waals surface area contributed by atoms with Gasteiger partial charge in [0.15, 0.2) is 6.61 Å². The highest BCUT2D eigenvalue weighted by Gasteiger charge is 2.32. The van der Waals surface area contributed by atoms with Crippen molar-refractivity contribution in [2.75, 3.05) is 19.7 Å². The summed E-state index contributed by atoms with van der Waals surface area (Å²) in [6.45, 7) is 0.582. The first-order valence-corrected chi connectivity index (χ1v) is 9.43. The molecule has 1 fully saturated rings. The van der Waals surface area contributed by atoms with Crippen molar-refractivity contribution in [1.29, 1.82) is 0 Å². The lowest BCUT2D eigenvalue weighted by atomic mass is 10.2. The molecule has 1 N–H and O–H groups in total. The summed E-state index contributed by atoms with van der Waals surface area (Å²) in [5, 5.41) is 9.03. The summed E-state index contributed by atoms with van der Waals surface area (Å²) in [6.07, 6.45) is 1.51. The Balaban J connectivity index is 1.49. The fourth-order valence-corrected chi connectivity index (χ4v) is 3.07. The van der Waals surface area contributed by atoms with Crippen molar-refractivity contribution < 1.29 is 37.3 Å². The lowest BCUT2D eigenvalue weighted by Crippen LogP contribution is -2.34. The van der Waals surface area contributed by atoms with Crippen LogP contribution in [0.1, 0.15) is 18.4 Å². The first-order chi connectivity index (χ1) is 14.3. The first-order valence-electron chi connectivity index (χ1n) is 9.43. The second-order valence-corrected chi connectivity index (χ2v) is 6.80. The van der Waals surface area contributed by atoms with Crippen LogP contribution in [0.5, 0.6) is 5.75 Å². The smallest absolute Gasteiger partial charge is 0.489 e. The van der Waals surface area contributed by atoms with E-state index in [0.29, 0.717) is 31.7 Å². The summed E-state index contributed by atoms with van der Waals surface area (Å²) in [5.74, 6) is 0.239. The number of carbonyl (C=O) groups is 1. The van der Waals surface area contributed by atoms with Gasteiger partial charge in [-0.3, -0.25) is 4.79 Å². The van der Waals surface area contributed by atoms with Gasteiger partial charge in [-0.15, -0.1) is 13.2 Å². The van der Waals surface area contributed by atoms with Crippen LogP contribution in [0, 0.1) is 0 Å². The largest absolute Gasteiger partial charge is 0.573 e. The van der Waals surface area contributed by atoms with Crippen LogP contribution in [-0.2, 0) is 20.9 Å². The fraction of sp³-hybridized carbons (Fsp3) is 0.381. The van der Waals surface area contributed by atoms with E-state index in [1.165, 1.54) is 12.2 Å². The minimum Gasteiger partial charge on any atom is -0.489 e. The van der Waals surface area contributed by atoms with Crippen LogP contribution in [0.4, 0.5) is 13.2 Å². The van der Waals surface area contributed by atoms with E-state index in [0.717, 1.165) is 5.56 Å². The Hall–Kier alpha value is -2.94. The lowest BCUT2D eigenvalue weighted by molar-refractivity contribution is -0.303. The minimum absolute atomic E-state index is 0.0696. The van der Waals surface area contributed by atoms with E-state index in [4.69, 9.17) is 14.6 Å². The first kappa shape index (κ1) is 21.8. The molecule has 1 unspecified atom stereocenters. The van der Waals surface area contributed by atoms with Gasteiger partial charge in [-0.05, 0) is 36.3 Å². The molecule has 0 aromatic heterocycles. The van der Waals surface area contributed by atoms with Crippen molar-refractivity contribution in [3.05, 3.63) is 65.7 Å². The Bertz CT molecular complexity index is 830. The number of nitrogens with zero attached hydrogens (tertiary/aromatic N) is 1. The van der Waals surface area contributed by atoms with Crippen molar-refractivity contribution in [2.24, 2.45) is 0 Å². The molecule has 2 aliphatic rings. The average Bonchev–Trinajstić information content (AvgIpc) is 3.06. The molecule has 1 aromatic carbocycles. The zero-order valence-electron chi connectivity index (χ0n) is 16.1. The van der Waals surface area contributed by atoms with Crippen LogP contribution < -0.4 is 4.74 Å². The number of ether oxygens (including phenoxy) is 3. The molecule has 0 spiro atoms. The number of alkyl halides is 3. The van der Waals surface area contributed by atoms with E-state index in [2.05, 4.69) is 4.74 Å². The number of carbonyl (C=O) groups excluding carboxylic acids is 1. The molecular formula is C21H22F3NO5. The van der Waals surface area contributed by atoms with E-state index < -0.39 is 6.36 Å². The Morgan fingerprint density at radius 2 is 1.97 bits per heavy atom. The Morgan fingerprint density at radius 1 is 1.20 bits per heavy atom. The third-order valence-electron chi connectivity index (χ3n) is 4.52. The van der Waals surface area contributed by atoms with E-state index in [1.807, 2.05) is 0 Å². The van der Waals surface area contributed by atoms with Crippen LogP contribution in [-0.4, -0.2) is 48.1 Å². The predicted molar refractivity (Wildman–Crippen MR) is 101 cm³/mol. The van der Waals surface area contributed by atoms with E-state index in [1.54, 1.807) is 41.3 Å². The number of allylic oxidation sites excluding steroid dienone is 4. The minimum atomic E-state index is -4.78. The van der Waals surface area contributed by atoms with E-state index in [9.17, 15) is 18.0 Å². The maximum absolute atomic E-state index is 12.5. The summed E-state index contributed by atoms with van der Waals surface area (Å²) >= 11 is 0. The second kappa shape index (κ2) is 9.71. The Kier molecular flexibility index (Phi) is 7.04. The highest BCUT2D eigenvalue weighted by Crippen LogP contribution is 2.25. The standard InChI is InChI=1S/C21H22F3NO5/c22-21(23,24)30-18-4-2-1-3-17(11-18)29-19-9-10-25(12-19)20(27)14-28-16-7-5-15(13-26)6-8-16/h2-8,11,19,26H,1,9-10,12-14H2. The van der Waals surface area contributed by atoms with Gasteiger partial charge in [-0.25, -0.2) is 0 Å². The topological polar surface area (TPSA) is 68.2 Å². The van der Waals surface area contributed by atoms with Crippen LogP contribution in [0.25, 0.3) is 0 Å². The van der Waals surface area contributed by atoms with Gasteiger partial charge in [0, 0.05) is 19.0 Å². The van der Waals surface area contributed by atoms with Gasteiger partial charge >= 0.3 is 6.36 Å². The molecule has 6 nitrogen and oxygen atoms in total. The molecule has 0 bridgehead atoms. The SMILES string of the molecule is O=C(COc1ccc(CO)cc1)N1CCC(OC2=CCC=CC(OC(F)(F)F)=C2)C1. The van der Waals surface area contributed by atoms with Gasteiger partial charge in [0.25, 0.3) is 5.91 Å². The maximum Gasteiger partial charge on any atom is 0.573 e. The highest BCUT2D eigenvalue weighted by molar-refractivity contribution is 5.78. The van der Waals surface area contributed by atoms with Crippen LogP contribution in [0.3, 0.4) is 0 Å². The molecule has 1 amide bonds. The van der Waals surface area contributed by atoms with E-state index >= 15 is 0 Å². The molecule has 162 valence electrons. The summed E-state index contributed by atoms with van der Waals surface area (Å²) < 4.78 is 52.6. The van der Waals surface area contributed by atoms with Gasteiger partial charge in [0.2, 0.25) is 0 Å². The number of hydrogen-bond donors (Lipinski definition) is 1. The van der Waals surface area contributed by atoms with Gasteiger partial charge in [-0.2, -0.15) is 0 Å². The maximum atomic E-state index is 12.5. The second-order valence-electron chi connectivity index (χ2n) is 6.80. The molecule has 1 heterocycles. The number of amides is 1. The van der Waals surface area contributed by atoms with Gasteiger partial charge in [0.05, 0.1) is 13.2 Å². The third kappa shape index (κ3) is 6.55. The highest BCUT2D eigenvalue weighted by atomic mass is 19.4. The molecule has 9 heteroatoms. The number of hydrogen-bond acceptors (Lipinski definition) is 5. The molecule has 0 saturated carbocycles. The summed E-state index contributed by atoms with van der Waals surface area (Å²) in [4.78, 5) is 14.0. The van der Waals surface area contributed by atoms with Crippen molar-refractivity contribution >= 4 is 5.91 Å². The van der Waals surface area contributed by atoms with Crippen LogP contribution in [0.15, 0.2) is 60.1 Å². The third-order valence-corrected chi connectivity index (χ3v) is 4.52. The van der Waals surface area contributed by atoms with Crippen molar-refractivity contribution in [2.45, 2.75) is 31.9 Å².